The van der Waals surface area contributed by atoms with Crippen molar-refractivity contribution in [3.63, 3.8) is 0 Å². The first-order valence-electron chi connectivity index (χ1n) is 13.9. The molecular weight excluding hydrogens is 586 g/mol. The van der Waals surface area contributed by atoms with Crippen molar-refractivity contribution in [2.45, 2.75) is 39.8 Å². The number of benzene rings is 2. The van der Waals surface area contributed by atoms with Gasteiger partial charge in [0.2, 0.25) is 0 Å². The fraction of sp³-hybridized carbons (Fsp3) is 0.281. The van der Waals surface area contributed by atoms with Crippen LogP contribution < -0.4 is 19.6 Å². The van der Waals surface area contributed by atoms with Gasteiger partial charge in [0.15, 0.2) is 4.80 Å². The summed E-state index contributed by atoms with van der Waals surface area (Å²) in [4.78, 5) is 43.2. The number of allylic oxidation sites excluding steroid dienone is 1. The van der Waals surface area contributed by atoms with Crippen LogP contribution >= 0.6 is 11.3 Å². The third-order valence-electron chi connectivity index (χ3n) is 6.92. The van der Waals surface area contributed by atoms with E-state index in [9.17, 15) is 19.7 Å². The summed E-state index contributed by atoms with van der Waals surface area (Å²) in [5, 5.41) is 11.1. The number of ether oxygens (including phenoxy) is 3. The van der Waals surface area contributed by atoms with E-state index in [-0.39, 0.29) is 36.1 Å². The van der Waals surface area contributed by atoms with Crippen molar-refractivity contribution in [3.8, 4) is 17.1 Å². The van der Waals surface area contributed by atoms with E-state index in [4.69, 9.17) is 18.6 Å². The molecule has 0 N–H and O–H groups in total. The number of carbonyl (C=O) groups excluding carboxylic acids is 1. The molecular formula is C32H31N3O8S. The maximum absolute atomic E-state index is 14.0. The molecule has 0 bridgehead atoms. The molecule has 0 unspecified atom stereocenters. The van der Waals surface area contributed by atoms with Crippen molar-refractivity contribution < 1.29 is 28.3 Å². The van der Waals surface area contributed by atoms with Gasteiger partial charge in [-0.25, -0.2) is 9.79 Å². The number of non-ortho nitro benzene ring substituents is 1. The molecule has 2 aromatic heterocycles. The van der Waals surface area contributed by atoms with Gasteiger partial charge in [0.1, 0.15) is 29.9 Å². The van der Waals surface area contributed by atoms with Gasteiger partial charge in [0, 0.05) is 36.4 Å². The van der Waals surface area contributed by atoms with E-state index in [1.54, 1.807) is 44.2 Å². The third-order valence-corrected chi connectivity index (χ3v) is 7.91. The number of thiazole rings is 1. The van der Waals surface area contributed by atoms with E-state index >= 15 is 0 Å². The molecule has 0 saturated carbocycles. The highest BCUT2D eigenvalue weighted by molar-refractivity contribution is 7.07. The number of aromatic nitrogens is 1. The zero-order chi connectivity index (χ0) is 31.5. The fourth-order valence-electron chi connectivity index (χ4n) is 4.98. The second kappa shape index (κ2) is 12.8. The van der Waals surface area contributed by atoms with Gasteiger partial charge in [-0.3, -0.25) is 19.5 Å². The summed E-state index contributed by atoms with van der Waals surface area (Å²) < 4.78 is 24.5. The average molecular weight is 618 g/mol. The number of nitro benzene ring substituents is 1. The molecule has 0 spiro atoms. The number of nitro groups is 1. The van der Waals surface area contributed by atoms with Crippen LogP contribution in [0, 0.1) is 17.0 Å². The van der Waals surface area contributed by atoms with Crippen LogP contribution in [0.25, 0.3) is 17.4 Å². The van der Waals surface area contributed by atoms with E-state index in [2.05, 4.69) is 4.99 Å². The minimum absolute atomic E-state index is 0.00805. The number of rotatable bonds is 10. The number of aryl methyl sites for hydroxylation is 1. The Morgan fingerprint density at radius 2 is 1.93 bits per heavy atom. The van der Waals surface area contributed by atoms with E-state index in [0.717, 1.165) is 0 Å². The lowest BCUT2D eigenvalue weighted by Crippen LogP contribution is -2.40. The normalized spacial score (nSPS) is 14.9. The van der Waals surface area contributed by atoms with Gasteiger partial charge < -0.3 is 18.6 Å². The highest BCUT2D eigenvalue weighted by Gasteiger charge is 2.35. The Labute approximate surface area is 256 Å². The summed E-state index contributed by atoms with van der Waals surface area (Å²) in [7, 11) is 1.51. The molecule has 3 heterocycles. The highest BCUT2D eigenvalue weighted by atomic mass is 32.1. The number of furan rings is 1. The largest absolute Gasteiger partial charge is 0.491 e. The first-order valence-corrected chi connectivity index (χ1v) is 14.7. The molecule has 0 radical (unpaired) electrons. The Hall–Kier alpha value is -4.81. The summed E-state index contributed by atoms with van der Waals surface area (Å²) in [6, 6.07) is 14.4. The molecule has 1 aliphatic heterocycles. The van der Waals surface area contributed by atoms with E-state index in [0.29, 0.717) is 49.0 Å². The predicted molar refractivity (Wildman–Crippen MR) is 164 cm³/mol. The second-order valence-electron chi connectivity index (χ2n) is 10.4. The van der Waals surface area contributed by atoms with Crippen LogP contribution in [0.15, 0.2) is 80.1 Å². The van der Waals surface area contributed by atoms with E-state index in [1.807, 2.05) is 32.0 Å². The van der Waals surface area contributed by atoms with Crippen molar-refractivity contribution in [1.82, 2.24) is 4.57 Å². The Kier molecular flexibility index (Phi) is 8.93. The molecule has 0 fully saturated rings. The van der Waals surface area contributed by atoms with Crippen LogP contribution in [-0.4, -0.2) is 41.9 Å². The number of esters is 1. The molecule has 12 heteroatoms. The lowest BCUT2D eigenvalue weighted by molar-refractivity contribution is -0.384. The van der Waals surface area contributed by atoms with E-state index < -0.39 is 16.9 Å². The number of carbonyl (C=O) groups is 1. The van der Waals surface area contributed by atoms with E-state index in [1.165, 1.54) is 35.1 Å². The first kappa shape index (κ1) is 30.6. The third kappa shape index (κ3) is 6.12. The topological polar surface area (TPSA) is 135 Å². The fourth-order valence-corrected chi connectivity index (χ4v) is 6.01. The minimum Gasteiger partial charge on any atom is -0.491 e. The lowest BCUT2D eigenvalue weighted by Gasteiger charge is -2.27. The summed E-state index contributed by atoms with van der Waals surface area (Å²) in [6.45, 7) is 7.55. The first-order chi connectivity index (χ1) is 21.1. The van der Waals surface area contributed by atoms with Crippen LogP contribution in [0.3, 0.4) is 0 Å². The van der Waals surface area contributed by atoms with Crippen LogP contribution in [0.4, 0.5) is 5.69 Å². The molecule has 1 aliphatic rings. The Balaban J connectivity index is 1.61. The van der Waals surface area contributed by atoms with Gasteiger partial charge in [-0.15, -0.1) is 0 Å². The SMILES string of the molecule is COCCOC(=O)C1=C(C)N=c2s/c(=C/c3ccc(-c4ccc([N+](=O)[O-])cc4C)o3)c(=O)n2[C@@H]1c1ccccc1OC(C)C. The molecule has 5 rings (SSSR count). The molecule has 11 nitrogen and oxygen atoms in total. The van der Waals surface area contributed by atoms with Gasteiger partial charge in [0.05, 0.1) is 33.4 Å². The number of fused-ring (bicyclic) bond motifs is 1. The second-order valence-corrected chi connectivity index (χ2v) is 11.4. The molecule has 1 atom stereocenters. The monoisotopic (exact) mass is 617 g/mol. The summed E-state index contributed by atoms with van der Waals surface area (Å²) in [5.74, 6) is 0.855. The van der Waals surface area contributed by atoms with Crippen molar-refractivity contribution in [1.29, 1.82) is 0 Å². The van der Waals surface area contributed by atoms with Crippen molar-refractivity contribution >= 4 is 29.1 Å². The molecule has 2 aromatic carbocycles. The van der Waals surface area contributed by atoms with Gasteiger partial charge in [-0.1, -0.05) is 29.5 Å². The number of nitrogens with zero attached hydrogens (tertiary/aromatic N) is 3. The molecule has 0 saturated heterocycles. The number of para-hydroxylation sites is 1. The lowest BCUT2D eigenvalue weighted by atomic mass is 9.95. The van der Waals surface area contributed by atoms with Crippen LogP contribution in [0.2, 0.25) is 0 Å². The smallest absolute Gasteiger partial charge is 0.338 e. The summed E-state index contributed by atoms with van der Waals surface area (Å²) >= 11 is 1.17. The van der Waals surface area contributed by atoms with Crippen molar-refractivity contribution in [3.05, 3.63) is 113 Å². The molecule has 4 aromatic rings. The highest BCUT2D eigenvalue weighted by Crippen LogP contribution is 2.36. The Bertz CT molecular complexity index is 1950. The standard InChI is InChI=1S/C32H31N3O8S/c1-18(2)42-25-9-7-6-8-24(25)29-28(31(37)41-15-14-40-5)20(4)33-32-34(29)30(36)27(44-32)17-22-11-13-26(43-22)23-12-10-21(35(38)39)16-19(23)3/h6-13,16-18,29H,14-15H2,1-5H3/b27-17+/t29-/m1/s1. The molecule has 228 valence electrons. The predicted octanol–water partition coefficient (Wildman–Crippen LogP) is 4.69. The van der Waals surface area contributed by atoms with Crippen molar-refractivity contribution in [2.75, 3.05) is 20.3 Å². The van der Waals surface area contributed by atoms with Gasteiger partial charge in [-0.2, -0.15) is 0 Å². The number of methoxy groups -OCH3 is 1. The van der Waals surface area contributed by atoms with Crippen LogP contribution in [0.1, 0.15) is 43.7 Å². The van der Waals surface area contributed by atoms with Gasteiger partial charge in [-0.05, 0) is 57.5 Å². The van der Waals surface area contributed by atoms with Crippen LogP contribution in [0.5, 0.6) is 5.75 Å². The zero-order valence-corrected chi connectivity index (χ0v) is 25.7. The summed E-state index contributed by atoms with van der Waals surface area (Å²) in [5.41, 5.74) is 2.29. The molecule has 44 heavy (non-hydrogen) atoms. The number of hydrogen-bond acceptors (Lipinski definition) is 10. The quantitative estimate of drug-likeness (QED) is 0.108. The summed E-state index contributed by atoms with van der Waals surface area (Å²) in [6.07, 6.45) is 1.47. The zero-order valence-electron chi connectivity index (χ0n) is 24.9. The minimum atomic E-state index is -0.853. The maximum Gasteiger partial charge on any atom is 0.338 e. The van der Waals surface area contributed by atoms with Gasteiger partial charge >= 0.3 is 5.97 Å². The Morgan fingerprint density at radius 1 is 1.16 bits per heavy atom. The average Bonchev–Trinajstić information content (AvgIpc) is 3.56. The van der Waals surface area contributed by atoms with Crippen LogP contribution in [-0.2, 0) is 14.3 Å². The number of hydrogen-bond donors (Lipinski definition) is 0. The Morgan fingerprint density at radius 3 is 2.64 bits per heavy atom. The molecule has 0 aliphatic carbocycles. The maximum atomic E-state index is 14.0. The molecule has 0 amide bonds. The van der Waals surface area contributed by atoms with Gasteiger partial charge in [0.25, 0.3) is 11.2 Å². The van der Waals surface area contributed by atoms with Crippen molar-refractivity contribution in [2.24, 2.45) is 4.99 Å².